The van der Waals surface area contributed by atoms with Crippen LogP contribution < -0.4 is 4.90 Å². The molecule has 1 aliphatic rings. The van der Waals surface area contributed by atoms with Crippen molar-refractivity contribution in [2.24, 2.45) is 0 Å². The largest absolute Gasteiger partial charge is 0.309 e. The molecule has 0 saturated heterocycles. The number of nitrogens with zero attached hydrogens (tertiary/aromatic N) is 1. The lowest BCUT2D eigenvalue weighted by molar-refractivity contribution is -0.118. The number of carbonyl (C=O) groups is 1. The number of aryl methyl sites for hydroxylation is 1. The van der Waals surface area contributed by atoms with Crippen molar-refractivity contribution in [3.63, 3.8) is 0 Å². The minimum atomic E-state index is 0.142. The molecule has 2 aromatic rings. The lowest BCUT2D eigenvalue weighted by atomic mass is 10.1. The van der Waals surface area contributed by atoms with Gasteiger partial charge in [0, 0.05) is 28.2 Å². The monoisotopic (exact) mass is 333 g/mol. The van der Waals surface area contributed by atoms with E-state index in [-0.39, 0.29) is 11.9 Å². The fourth-order valence-electron chi connectivity index (χ4n) is 3.03. The van der Waals surface area contributed by atoms with Crippen molar-refractivity contribution < 1.29 is 4.79 Å². The van der Waals surface area contributed by atoms with Crippen molar-refractivity contribution in [3.05, 3.63) is 63.6 Å². The summed E-state index contributed by atoms with van der Waals surface area (Å²) >= 11 is 12.1. The Morgan fingerprint density at radius 2 is 2.00 bits per heavy atom. The van der Waals surface area contributed by atoms with Crippen LogP contribution in [0, 0.1) is 0 Å². The molecule has 0 spiro atoms. The molecule has 4 heteroatoms. The lowest BCUT2D eigenvalue weighted by Gasteiger charge is -2.23. The predicted molar refractivity (Wildman–Crippen MR) is 91.9 cm³/mol. The summed E-state index contributed by atoms with van der Waals surface area (Å²) in [5, 5.41) is 1.23. The van der Waals surface area contributed by atoms with Crippen LogP contribution in [0.4, 0.5) is 5.69 Å². The molecule has 1 atom stereocenters. The van der Waals surface area contributed by atoms with Gasteiger partial charge in [-0.2, -0.15) is 0 Å². The smallest absolute Gasteiger partial charge is 0.227 e. The van der Waals surface area contributed by atoms with Gasteiger partial charge < -0.3 is 4.90 Å². The van der Waals surface area contributed by atoms with Gasteiger partial charge in [0.25, 0.3) is 0 Å². The Labute approximate surface area is 140 Å². The van der Waals surface area contributed by atoms with Crippen molar-refractivity contribution >= 4 is 34.8 Å². The van der Waals surface area contributed by atoms with Crippen molar-refractivity contribution in [1.82, 2.24) is 0 Å². The second-order valence-corrected chi connectivity index (χ2v) is 6.52. The first-order valence-electron chi connectivity index (χ1n) is 7.40. The maximum atomic E-state index is 12.6. The molecule has 0 aliphatic carbocycles. The average Bonchev–Trinajstić information content (AvgIpc) is 2.82. The van der Waals surface area contributed by atoms with E-state index >= 15 is 0 Å². The standard InChI is InChI=1S/C18H17Cl2NO/c1-12-10-14-4-2-3-5-17(14)21(12)18(22)9-7-13-6-8-15(19)11-16(13)20/h2-6,8,11-12H,7,9-10H2,1H3/t12-/m1/s1. The van der Waals surface area contributed by atoms with E-state index in [9.17, 15) is 4.79 Å². The third-order valence-electron chi connectivity index (χ3n) is 4.10. The average molecular weight is 334 g/mol. The number of carbonyl (C=O) groups excluding carboxylic acids is 1. The highest BCUT2D eigenvalue weighted by molar-refractivity contribution is 6.35. The van der Waals surface area contributed by atoms with Crippen LogP contribution in [-0.4, -0.2) is 11.9 Å². The van der Waals surface area contributed by atoms with E-state index in [1.54, 1.807) is 12.1 Å². The van der Waals surface area contributed by atoms with Crippen molar-refractivity contribution in [1.29, 1.82) is 0 Å². The molecule has 3 rings (SSSR count). The minimum absolute atomic E-state index is 0.142. The van der Waals surface area contributed by atoms with E-state index < -0.39 is 0 Å². The molecule has 22 heavy (non-hydrogen) atoms. The van der Waals surface area contributed by atoms with Crippen LogP contribution >= 0.6 is 23.2 Å². The zero-order chi connectivity index (χ0) is 15.7. The van der Waals surface area contributed by atoms with Gasteiger partial charge in [0.15, 0.2) is 0 Å². The van der Waals surface area contributed by atoms with Gasteiger partial charge in [-0.3, -0.25) is 4.79 Å². The number of hydrogen-bond donors (Lipinski definition) is 0. The van der Waals surface area contributed by atoms with Crippen LogP contribution in [0.3, 0.4) is 0 Å². The molecule has 2 aromatic carbocycles. The molecule has 0 N–H and O–H groups in total. The lowest BCUT2D eigenvalue weighted by Crippen LogP contribution is -2.35. The predicted octanol–water partition coefficient (Wildman–Crippen LogP) is 4.90. The summed E-state index contributed by atoms with van der Waals surface area (Å²) in [6.07, 6.45) is 1.99. The summed E-state index contributed by atoms with van der Waals surface area (Å²) in [6.45, 7) is 2.09. The summed E-state index contributed by atoms with van der Waals surface area (Å²) in [7, 11) is 0. The third-order valence-corrected chi connectivity index (χ3v) is 4.69. The van der Waals surface area contributed by atoms with Gasteiger partial charge in [-0.05, 0) is 49.1 Å². The Morgan fingerprint density at radius 3 is 2.77 bits per heavy atom. The third kappa shape index (κ3) is 2.99. The number of anilines is 1. The van der Waals surface area contributed by atoms with Gasteiger partial charge in [-0.25, -0.2) is 0 Å². The maximum absolute atomic E-state index is 12.6. The molecule has 0 aromatic heterocycles. The summed E-state index contributed by atoms with van der Waals surface area (Å²) in [4.78, 5) is 14.5. The summed E-state index contributed by atoms with van der Waals surface area (Å²) in [6, 6.07) is 13.7. The summed E-state index contributed by atoms with van der Waals surface area (Å²) in [5.41, 5.74) is 3.25. The summed E-state index contributed by atoms with van der Waals surface area (Å²) < 4.78 is 0. The zero-order valence-electron chi connectivity index (χ0n) is 12.4. The van der Waals surface area contributed by atoms with Crippen LogP contribution in [-0.2, 0) is 17.6 Å². The minimum Gasteiger partial charge on any atom is -0.309 e. The fraction of sp³-hybridized carbons (Fsp3) is 0.278. The number of para-hydroxylation sites is 1. The van der Waals surface area contributed by atoms with Crippen molar-refractivity contribution in [2.45, 2.75) is 32.2 Å². The highest BCUT2D eigenvalue weighted by Crippen LogP contribution is 2.32. The van der Waals surface area contributed by atoms with Crippen LogP contribution in [0.1, 0.15) is 24.5 Å². The van der Waals surface area contributed by atoms with E-state index in [4.69, 9.17) is 23.2 Å². The van der Waals surface area contributed by atoms with Crippen molar-refractivity contribution in [2.75, 3.05) is 4.90 Å². The SMILES string of the molecule is C[C@@H]1Cc2ccccc2N1C(=O)CCc1ccc(Cl)cc1Cl. The van der Waals surface area contributed by atoms with Gasteiger partial charge in [0.2, 0.25) is 5.91 Å². The van der Waals surface area contributed by atoms with E-state index in [1.807, 2.05) is 29.2 Å². The van der Waals surface area contributed by atoms with Crippen LogP contribution in [0.25, 0.3) is 0 Å². The maximum Gasteiger partial charge on any atom is 0.227 e. The number of benzene rings is 2. The number of rotatable bonds is 3. The molecule has 0 saturated carbocycles. The highest BCUT2D eigenvalue weighted by Gasteiger charge is 2.30. The Morgan fingerprint density at radius 1 is 1.23 bits per heavy atom. The molecule has 0 unspecified atom stereocenters. The number of fused-ring (bicyclic) bond motifs is 1. The van der Waals surface area contributed by atoms with Gasteiger partial charge in [-0.15, -0.1) is 0 Å². The normalized spacial score (nSPS) is 16.7. The van der Waals surface area contributed by atoms with Crippen LogP contribution in [0.15, 0.2) is 42.5 Å². The van der Waals surface area contributed by atoms with E-state index in [2.05, 4.69) is 13.0 Å². The molecule has 1 aliphatic heterocycles. The quantitative estimate of drug-likeness (QED) is 0.781. The highest BCUT2D eigenvalue weighted by atomic mass is 35.5. The molecule has 1 amide bonds. The topological polar surface area (TPSA) is 20.3 Å². The number of hydrogen-bond acceptors (Lipinski definition) is 1. The second kappa shape index (κ2) is 6.31. The molecule has 0 radical (unpaired) electrons. The molecular formula is C18H17Cl2NO. The first-order chi connectivity index (χ1) is 10.6. The molecule has 0 fully saturated rings. The molecule has 2 nitrogen and oxygen atoms in total. The Kier molecular flexibility index (Phi) is 4.42. The van der Waals surface area contributed by atoms with Crippen LogP contribution in [0.2, 0.25) is 10.0 Å². The molecule has 0 bridgehead atoms. The molecular weight excluding hydrogens is 317 g/mol. The number of amides is 1. The molecule has 1 heterocycles. The van der Waals surface area contributed by atoms with Gasteiger partial charge in [0.1, 0.15) is 0 Å². The van der Waals surface area contributed by atoms with Crippen molar-refractivity contribution in [3.8, 4) is 0 Å². The Bertz CT molecular complexity index is 714. The number of halogens is 2. The Balaban J connectivity index is 1.72. The first-order valence-corrected chi connectivity index (χ1v) is 8.16. The van der Waals surface area contributed by atoms with E-state index in [0.717, 1.165) is 17.7 Å². The van der Waals surface area contributed by atoms with Gasteiger partial charge in [-0.1, -0.05) is 47.5 Å². The van der Waals surface area contributed by atoms with Gasteiger partial charge >= 0.3 is 0 Å². The van der Waals surface area contributed by atoms with E-state index in [0.29, 0.717) is 22.9 Å². The second-order valence-electron chi connectivity index (χ2n) is 5.68. The van der Waals surface area contributed by atoms with Gasteiger partial charge in [0.05, 0.1) is 0 Å². The Hall–Kier alpha value is -1.51. The zero-order valence-corrected chi connectivity index (χ0v) is 13.9. The fourth-order valence-corrected chi connectivity index (χ4v) is 3.54. The summed E-state index contributed by atoms with van der Waals surface area (Å²) in [5.74, 6) is 0.142. The molecule has 114 valence electrons. The van der Waals surface area contributed by atoms with Crippen LogP contribution in [0.5, 0.6) is 0 Å². The van der Waals surface area contributed by atoms with E-state index in [1.165, 1.54) is 5.56 Å². The first kappa shape index (κ1) is 15.4.